The van der Waals surface area contributed by atoms with E-state index in [4.69, 9.17) is 5.84 Å². The van der Waals surface area contributed by atoms with Gasteiger partial charge in [-0.25, -0.2) is 0 Å². The summed E-state index contributed by atoms with van der Waals surface area (Å²) < 4.78 is 5.09. The highest BCUT2D eigenvalue weighted by molar-refractivity contribution is 9.10. The van der Waals surface area contributed by atoms with E-state index < -0.39 is 0 Å². The van der Waals surface area contributed by atoms with Gasteiger partial charge >= 0.3 is 0 Å². The predicted molar refractivity (Wildman–Crippen MR) is 77.2 cm³/mol. The number of halogens is 1. The molecule has 0 fully saturated rings. The molecular weight excluding hydrogens is 312 g/mol. The van der Waals surface area contributed by atoms with Crippen molar-refractivity contribution >= 4 is 27.5 Å². The first-order chi connectivity index (χ1) is 8.74. The monoisotopic (exact) mass is 326 g/mol. The van der Waals surface area contributed by atoms with Gasteiger partial charge in [-0.2, -0.15) is 0 Å². The second-order valence-corrected chi connectivity index (χ2v) is 5.69. The molecule has 2 aromatic rings. The molecule has 6 heteroatoms. The minimum absolute atomic E-state index is 0.0705. The van der Waals surface area contributed by atoms with Crippen LogP contribution in [0.4, 0.5) is 0 Å². The van der Waals surface area contributed by atoms with E-state index in [0.717, 1.165) is 27.9 Å². The third-order valence-electron chi connectivity index (χ3n) is 2.79. The fourth-order valence-electron chi connectivity index (χ4n) is 1.81. The maximum absolute atomic E-state index is 5.66. The van der Waals surface area contributed by atoms with Crippen LogP contribution in [-0.2, 0) is 12.8 Å². The Morgan fingerprint density at radius 1 is 1.39 bits per heavy atom. The van der Waals surface area contributed by atoms with Gasteiger partial charge in [0.05, 0.1) is 16.6 Å². The standard InChI is InChI=1S/C12H15BrN4S/c1-2-10-12(18-17-16-10)11(15-14)7-8-3-5-9(13)6-4-8/h3-6,11,15H,2,7,14H2,1H3. The van der Waals surface area contributed by atoms with E-state index in [1.165, 1.54) is 17.1 Å². The number of hydrazine groups is 1. The zero-order valence-electron chi connectivity index (χ0n) is 10.1. The van der Waals surface area contributed by atoms with Gasteiger partial charge in [0, 0.05) is 4.47 Å². The molecule has 0 aliphatic rings. The normalized spacial score (nSPS) is 12.6. The summed E-state index contributed by atoms with van der Waals surface area (Å²) in [6.45, 7) is 2.08. The maximum atomic E-state index is 5.66. The molecule has 0 bridgehead atoms. The van der Waals surface area contributed by atoms with Crippen LogP contribution in [0.2, 0.25) is 0 Å². The van der Waals surface area contributed by atoms with Crippen LogP contribution >= 0.6 is 27.5 Å². The molecule has 1 atom stereocenters. The molecule has 0 saturated carbocycles. The minimum Gasteiger partial charge on any atom is -0.271 e. The lowest BCUT2D eigenvalue weighted by Gasteiger charge is -2.14. The topological polar surface area (TPSA) is 63.8 Å². The van der Waals surface area contributed by atoms with Crippen molar-refractivity contribution in [2.45, 2.75) is 25.8 Å². The van der Waals surface area contributed by atoms with Gasteiger partial charge in [0.2, 0.25) is 0 Å². The van der Waals surface area contributed by atoms with E-state index in [1.54, 1.807) is 0 Å². The van der Waals surface area contributed by atoms with Gasteiger partial charge < -0.3 is 0 Å². The van der Waals surface area contributed by atoms with Crippen LogP contribution in [0.1, 0.15) is 29.1 Å². The average molecular weight is 327 g/mol. The third kappa shape index (κ3) is 3.14. The van der Waals surface area contributed by atoms with Gasteiger partial charge in [-0.3, -0.25) is 11.3 Å². The van der Waals surface area contributed by atoms with Gasteiger partial charge in [-0.1, -0.05) is 39.5 Å². The van der Waals surface area contributed by atoms with E-state index in [1.807, 2.05) is 12.1 Å². The van der Waals surface area contributed by atoms with Crippen LogP contribution in [0.15, 0.2) is 28.7 Å². The number of nitrogens with two attached hydrogens (primary N) is 1. The van der Waals surface area contributed by atoms with Crippen LogP contribution < -0.4 is 11.3 Å². The molecule has 2 rings (SSSR count). The van der Waals surface area contributed by atoms with Crippen molar-refractivity contribution in [3.8, 4) is 0 Å². The van der Waals surface area contributed by atoms with Crippen molar-refractivity contribution in [3.05, 3.63) is 44.9 Å². The molecular formula is C12H15BrN4S. The van der Waals surface area contributed by atoms with Crippen molar-refractivity contribution in [2.75, 3.05) is 0 Å². The SMILES string of the molecule is CCc1nnsc1C(Cc1ccc(Br)cc1)NN. The highest BCUT2D eigenvalue weighted by Gasteiger charge is 2.17. The quantitative estimate of drug-likeness (QED) is 0.654. The van der Waals surface area contributed by atoms with Gasteiger partial charge in [0.1, 0.15) is 0 Å². The zero-order chi connectivity index (χ0) is 13.0. The second kappa shape index (κ2) is 6.38. The summed E-state index contributed by atoms with van der Waals surface area (Å²) in [7, 11) is 0. The number of hydrogen-bond acceptors (Lipinski definition) is 5. The number of benzene rings is 1. The summed E-state index contributed by atoms with van der Waals surface area (Å²) >= 11 is 4.85. The van der Waals surface area contributed by atoms with E-state index >= 15 is 0 Å². The van der Waals surface area contributed by atoms with E-state index in [0.29, 0.717) is 0 Å². The molecule has 1 aromatic carbocycles. The first-order valence-corrected chi connectivity index (χ1v) is 7.33. The fraction of sp³-hybridized carbons (Fsp3) is 0.333. The lowest BCUT2D eigenvalue weighted by atomic mass is 10.0. The van der Waals surface area contributed by atoms with E-state index in [9.17, 15) is 0 Å². The number of nitrogens with zero attached hydrogens (tertiary/aromatic N) is 2. The molecule has 0 radical (unpaired) electrons. The molecule has 0 aliphatic heterocycles. The molecule has 1 aromatic heterocycles. The van der Waals surface area contributed by atoms with E-state index in [-0.39, 0.29) is 6.04 Å². The van der Waals surface area contributed by atoms with Crippen molar-refractivity contribution < 1.29 is 0 Å². The highest BCUT2D eigenvalue weighted by Crippen LogP contribution is 2.24. The lowest BCUT2D eigenvalue weighted by Crippen LogP contribution is -2.29. The summed E-state index contributed by atoms with van der Waals surface area (Å²) in [4.78, 5) is 1.13. The number of aromatic nitrogens is 2. The lowest BCUT2D eigenvalue weighted by molar-refractivity contribution is 0.555. The van der Waals surface area contributed by atoms with E-state index in [2.05, 4.69) is 50.0 Å². The molecule has 0 amide bonds. The minimum atomic E-state index is 0.0705. The zero-order valence-corrected chi connectivity index (χ0v) is 12.5. The average Bonchev–Trinajstić information content (AvgIpc) is 2.86. The summed E-state index contributed by atoms with van der Waals surface area (Å²) in [6, 6.07) is 8.33. The first-order valence-electron chi connectivity index (χ1n) is 5.76. The number of aryl methyl sites for hydroxylation is 1. The Kier molecular flexibility index (Phi) is 4.82. The van der Waals surface area contributed by atoms with Crippen molar-refractivity contribution in [1.82, 2.24) is 15.0 Å². The van der Waals surface area contributed by atoms with Gasteiger partial charge in [0.25, 0.3) is 0 Å². The Hall–Kier alpha value is -0.820. The Morgan fingerprint density at radius 3 is 2.72 bits per heavy atom. The molecule has 0 aliphatic carbocycles. The van der Waals surface area contributed by atoms with Crippen LogP contribution in [0.5, 0.6) is 0 Å². The highest BCUT2D eigenvalue weighted by atomic mass is 79.9. The Labute approximate surface area is 119 Å². The maximum Gasteiger partial charge on any atom is 0.0801 e. The number of nitrogens with one attached hydrogen (secondary N) is 1. The van der Waals surface area contributed by atoms with Crippen LogP contribution in [0.25, 0.3) is 0 Å². The Morgan fingerprint density at radius 2 is 2.11 bits per heavy atom. The van der Waals surface area contributed by atoms with Crippen molar-refractivity contribution in [3.63, 3.8) is 0 Å². The number of hydrogen-bond donors (Lipinski definition) is 2. The summed E-state index contributed by atoms with van der Waals surface area (Å²) in [5.41, 5.74) is 5.12. The second-order valence-electron chi connectivity index (χ2n) is 3.99. The third-order valence-corrected chi connectivity index (χ3v) is 4.20. The predicted octanol–water partition coefficient (Wildman–Crippen LogP) is 2.61. The first kappa shape index (κ1) is 13.6. The van der Waals surface area contributed by atoms with Gasteiger partial charge in [-0.05, 0) is 42.1 Å². The Bertz CT molecular complexity index is 497. The number of rotatable bonds is 5. The van der Waals surface area contributed by atoms with Gasteiger partial charge in [-0.15, -0.1) is 5.10 Å². The fourth-order valence-corrected chi connectivity index (χ4v) is 2.87. The summed E-state index contributed by atoms with van der Waals surface area (Å²) in [5, 5.41) is 4.12. The molecule has 18 heavy (non-hydrogen) atoms. The molecule has 0 saturated heterocycles. The molecule has 0 spiro atoms. The van der Waals surface area contributed by atoms with Crippen LogP contribution in [-0.4, -0.2) is 9.59 Å². The van der Waals surface area contributed by atoms with Crippen LogP contribution in [0.3, 0.4) is 0 Å². The van der Waals surface area contributed by atoms with Gasteiger partial charge in [0.15, 0.2) is 0 Å². The molecule has 3 N–H and O–H groups in total. The van der Waals surface area contributed by atoms with Crippen molar-refractivity contribution in [1.29, 1.82) is 0 Å². The summed E-state index contributed by atoms with van der Waals surface area (Å²) in [6.07, 6.45) is 1.71. The molecule has 1 heterocycles. The van der Waals surface area contributed by atoms with Crippen molar-refractivity contribution in [2.24, 2.45) is 5.84 Å². The molecule has 1 unspecified atom stereocenters. The molecule has 96 valence electrons. The summed E-state index contributed by atoms with van der Waals surface area (Å²) in [5.74, 6) is 5.66. The largest absolute Gasteiger partial charge is 0.271 e. The smallest absolute Gasteiger partial charge is 0.0801 e. The van der Waals surface area contributed by atoms with Crippen LogP contribution in [0, 0.1) is 0 Å². The Balaban J connectivity index is 2.17. The molecule has 4 nitrogen and oxygen atoms in total.